The molecule has 1 atom stereocenters. The number of alkyl halides is 3. The quantitative estimate of drug-likeness (QED) is 0.202. The topological polar surface area (TPSA) is 40.5 Å². The van der Waals surface area contributed by atoms with Crippen molar-refractivity contribution in [2.24, 2.45) is 0 Å². The van der Waals surface area contributed by atoms with Crippen molar-refractivity contribution in [3.05, 3.63) is 88.0 Å². The van der Waals surface area contributed by atoms with Crippen LogP contribution in [0.3, 0.4) is 0 Å². The number of nitrogens with zero attached hydrogens (tertiary/aromatic N) is 1. The number of aldehydes is 1. The fourth-order valence-corrected chi connectivity index (χ4v) is 5.48. The molecule has 0 saturated carbocycles. The third kappa shape index (κ3) is 17.0. The average Bonchev–Trinajstić information content (AvgIpc) is 2.92. The van der Waals surface area contributed by atoms with Gasteiger partial charge in [0.1, 0.15) is 6.29 Å². The van der Waals surface area contributed by atoms with E-state index in [2.05, 4.69) is 94.6 Å². The summed E-state index contributed by atoms with van der Waals surface area (Å²) in [5.74, 6) is 0. The number of hydrogen-bond donors (Lipinski definition) is 1. The maximum atomic E-state index is 11.1. The Morgan fingerprint density at radius 1 is 1.02 bits per heavy atom. The summed E-state index contributed by atoms with van der Waals surface area (Å²) < 4.78 is 31.1. The van der Waals surface area contributed by atoms with Crippen molar-refractivity contribution >= 4 is 12.4 Å². The van der Waals surface area contributed by atoms with Crippen molar-refractivity contribution in [2.45, 2.75) is 112 Å². The molecule has 3 nitrogen and oxygen atoms in total. The molecule has 2 aromatic carbocycles. The van der Waals surface area contributed by atoms with Gasteiger partial charge in [-0.1, -0.05) is 81.5 Å². The first-order chi connectivity index (χ1) is 20.7. The Morgan fingerprint density at radius 3 is 2.02 bits per heavy atom. The number of fused-ring (bicyclic) bond motifs is 1. The molecule has 0 saturated heterocycles. The second-order valence-corrected chi connectivity index (χ2v) is 11.9. The minimum atomic E-state index is -4.00. The summed E-state index contributed by atoms with van der Waals surface area (Å²) in [5, 5.41) is 7.57. The molecule has 1 aliphatic carbocycles. The predicted molar refractivity (Wildman–Crippen MR) is 182 cm³/mol. The first kappa shape index (κ1) is 41.3. The molecule has 3 rings (SSSR count). The molecule has 0 amide bonds. The summed E-state index contributed by atoms with van der Waals surface area (Å²) in [5.41, 5.74) is 9.57. The predicted octanol–water partition coefficient (Wildman–Crippen LogP) is 9.99. The van der Waals surface area contributed by atoms with Crippen LogP contribution in [-0.4, -0.2) is 48.7 Å². The highest BCUT2D eigenvalue weighted by molar-refractivity contribution is 5.59. The number of benzene rings is 2. The van der Waals surface area contributed by atoms with Gasteiger partial charge in [0, 0.05) is 26.5 Å². The normalized spacial score (nSPS) is 15.7. The second kappa shape index (κ2) is 21.9. The van der Waals surface area contributed by atoms with E-state index in [9.17, 15) is 18.0 Å². The van der Waals surface area contributed by atoms with Crippen molar-refractivity contribution < 1.29 is 23.1 Å². The van der Waals surface area contributed by atoms with Gasteiger partial charge in [-0.05, 0) is 118 Å². The summed E-state index contributed by atoms with van der Waals surface area (Å²) >= 11 is 0. The van der Waals surface area contributed by atoms with E-state index in [0.29, 0.717) is 6.42 Å². The number of aliphatic hydroxyl groups excluding tert-OH is 1. The molecule has 0 radical (unpaired) electrons. The second-order valence-electron chi connectivity index (χ2n) is 11.9. The molecule has 1 aliphatic rings. The largest absolute Gasteiger partial charge is 0.397 e. The van der Waals surface area contributed by atoms with Gasteiger partial charge < -0.3 is 14.8 Å². The third-order valence-electron chi connectivity index (χ3n) is 7.47. The molecule has 248 valence electrons. The number of aliphatic hydroxyl groups is 1. The molecule has 0 bridgehead atoms. The van der Waals surface area contributed by atoms with E-state index in [0.717, 1.165) is 31.2 Å². The molecule has 1 N–H and O–H groups in total. The Morgan fingerprint density at radius 2 is 1.55 bits per heavy atom. The number of carbonyl (C=O) groups excluding carboxylic acids is 1. The van der Waals surface area contributed by atoms with Crippen molar-refractivity contribution in [3.8, 4) is 0 Å². The highest BCUT2D eigenvalue weighted by Gasteiger charge is 2.32. The first-order valence-corrected chi connectivity index (χ1v) is 16.0. The summed E-state index contributed by atoms with van der Waals surface area (Å²) in [6, 6.07) is 13.1. The first-order valence-electron chi connectivity index (χ1n) is 16.0. The molecule has 44 heavy (non-hydrogen) atoms. The zero-order valence-electron chi connectivity index (χ0n) is 28.6. The number of aryl methyl sites for hydroxylation is 2. The maximum Gasteiger partial charge on any atom is 0.386 e. The highest BCUT2D eigenvalue weighted by atomic mass is 19.4. The Kier molecular flexibility index (Phi) is 20.6. The Balaban J connectivity index is 0.000000737. The van der Waals surface area contributed by atoms with Crippen molar-refractivity contribution in [3.63, 3.8) is 0 Å². The lowest BCUT2D eigenvalue weighted by molar-refractivity contribution is -0.110. The SMILES string of the molecule is C=C(C)/C=C\c1c(C)cccc1C.CC(F)(F)F.CCCN(CCC)CCc1cccc2c1CCCC2(C)CC=O.CCO. The van der Waals surface area contributed by atoms with Crippen LogP contribution >= 0.6 is 0 Å². The van der Waals surface area contributed by atoms with Crippen LogP contribution in [0.4, 0.5) is 13.2 Å². The number of carbonyl (C=O) groups is 1. The summed E-state index contributed by atoms with van der Waals surface area (Å²) in [6.45, 7) is 22.6. The zero-order valence-corrected chi connectivity index (χ0v) is 28.6. The molecule has 6 heteroatoms. The van der Waals surface area contributed by atoms with Gasteiger partial charge in [-0.25, -0.2) is 0 Å². The van der Waals surface area contributed by atoms with Crippen LogP contribution in [0, 0.1) is 13.8 Å². The molecule has 0 fully saturated rings. The summed E-state index contributed by atoms with van der Waals surface area (Å²) in [6.07, 6.45) is 9.06. The van der Waals surface area contributed by atoms with Gasteiger partial charge in [0.15, 0.2) is 0 Å². The van der Waals surface area contributed by atoms with E-state index >= 15 is 0 Å². The lowest BCUT2D eigenvalue weighted by Gasteiger charge is -2.36. The standard InChI is InChI=1S/C21H33NO.C13H16.C2H3F3.C2H6O/c1-4-14-22(15-5-2)16-11-18-8-6-10-20-19(18)9-7-12-21(20,3)13-17-23;1-10(2)8-9-13-11(3)6-5-7-12(13)4;1-2(3,4)5;1-2-3/h6,8,10,17H,4-5,7,9,11-16H2,1-3H3;5-9H,1H2,2-4H3;1H3;3H,2H2,1H3/b;9-8-;;. The fourth-order valence-electron chi connectivity index (χ4n) is 5.48. The van der Waals surface area contributed by atoms with Gasteiger partial charge in [0.05, 0.1) is 0 Å². The van der Waals surface area contributed by atoms with Gasteiger partial charge in [-0.15, -0.1) is 0 Å². The molecule has 0 heterocycles. The van der Waals surface area contributed by atoms with Crippen LogP contribution in [0.15, 0.2) is 54.6 Å². The maximum absolute atomic E-state index is 11.1. The van der Waals surface area contributed by atoms with Crippen LogP contribution in [-0.2, 0) is 23.1 Å². The molecular weight excluding hydrogens is 559 g/mol. The van der Waals surface area contributed by atoms with E-state index in [1.165, 1.54) is 72.2 Å². The fraction of sp³-hybridized carbons (Fsp3) is 0.553. The minimum Gasteiger partial charge on any atom is -0.397 e. The molecular formula is C38H58F3NO2. The van der Waals surface area contributed by atoms with Gasteiger partial charge >= 0.3 is 6.18 Å². The van der Waals surface area contributed by atoms with Crippen LogP contribution in [0.25, 0.3) is 6.08 Å². The number of allylic oxidation sites excluding steroid dienone is 2. The lowest BCUT2D eigenvalue weighted by Crippen LogP contribution is -2.30. The minimum absolute atomic E-state index is 0.0534. The average molecular weight is 618 g/mol. The number of halogens is 3. The molecule has 2 aromatic rings. The van der Waals surface area contributed by atoms with Crippen LogP contribution in [0.2, 0.25) is 0 Å². The van der Waals surface area contributed by atoms with Crippen LogP contribution in [0.5, 0.6) is 0 Å². The van der Waals surface area contributed by atoms with E-state index < -0.39 is 6.18 Å². The zero-order chi connectivity index (χ0) is 33.8. The van der Waals surface area contributed by atoms with Gasteiger partial charge in [-0.3, -0.25) is 0 Å². The summed E-state index contributed by atoms with van der Waals surface area (Å²) in [7, 11) is 0. The highest BCUT2D eigenvalue weighted by Crippen LogP contribution is 2.40. The van der Waals surface area contributed by atoms with Crippen LogP contribution < -0.4 is 0 Å². The van der Waals surface area contributed by atoms with Crippen LogP contribution in [0.1, 0.15) is 107 Å². The molecule has 1 unspecified atom stereocenters. The third-order valence-corrected chi connectivity index (χ3v) is 7.47. The van der Waals surface area contributed by atoms with Gasteiger partial charge in [0.25, 0.3) is 0 Å². The van der Waals surface area contributed by atoms with E-state index in [1.54, 1.807) is 6.92 Å². The Bertz CT molecular complexity index is 1110. The number of rotatable bonds is 11. The van der Waals surface area contributed by atoms with Crippen molar-refractivity contribution in [2.75, 3.05) is 26.2 Å². The Labute approximate surface area is 266 Å². The van der Waals surface area contributed by atoms with Gasteiger partial charge in [0.2, 0.25) is 0 Å². The van der Waals surface area contributed by atoms with E-state index in [4.69, 9.17) is 5.11 Å². The number of hydrogen-bond acceptors (Lipinski definition) is 3. The summed E-state index contributed by atoms with van der Waals surface area (Å²) in [4.78, 5) is 13.7. The smallest absolute Gasteiger partial charge is 0.386 e. The monoisotopic (exact) mass is 617 g/mol. The van der Waals surface area contributed by atoms with E-state index in [1.807, 2.05) is 6.92 Å². The van der Waals surface area contributed by atoms with E-state index in [-0.39, 0.29) is 18.9 Å². The van der Waals surface area contributed by atoms with Crippen molar-refractivity contribution in [1.29, 1.82) is 0 Å². The van der Waals surface area contributed by atoms with Crippen molar-refractivity contribution in [1.82, 2.24) is 4.90 Å². The molecule has 0 aromatic heterocycles. The lowest BCUT2D eigenvalue weighted by atomic mass is 9.68. The van der Waals surface area contributed by atoms with Gasteiger partial charge in [-0.2, -0.15) is 13.2 Å². The Hall–Kier alpha value is -2.70. The molecule has 0 spiro atoms. The molecule has 0 aliphatic heterocycles.